The molecule has 2 aromatic rings. The summed E-state index contributed by atoms with van der Waals surface area (Å²) in [5, 5.41) is 0. The van der Waals surface area contributed by atoms with Gasteiger partial charge in [-0.1, -0.05) is 32.6 Å². The number of aromatic nitrogens is 2. The molecule has 29 heavy (non-hydrogen) atoms. The molecule has 0 aliphatic carbocycles. The molecule has 0 bridgehead atoms. The van der Waals surface area contributed by atoms with Gasteiger partial charge in [0.15, 0.2) is 0 Å². The Bertz CT molecular complexity index is 938. The van der Waals surface area contributed by atoms with Crippen LogP contribution in [0.2, 0.25) is 0 Å². The fourth-order valence-corrected chi connectivity index (χ4v) is 5.16. The SMILES string of the molecule is CCCC(=O)Oc1ncc(C#Cc2cc3c(cc2C)SCCC3(CC)CC)cn1. The summed E-state index contributed by atoms with van der Waals surface area (Å²) in [6.45, 7) is 8.63. The standard InChI is InChI=1S/C24H28N2O2S/c1-5-8-22(27)28-23-25-15-18(16-26-23)9-10-19-14-20-21(13-17(19)4)29-12-11-24(20,6-2)7-3/h13-16H,5-8,11-12H2,1-4H3. The number of aryl methyl sites for hydroxylation is 1. The minimum atomic E-state index is -0.316. The predicted molar refractivity (Wildman–Crippen MR) is 117 cm³/mol. The van der Waals surface area contributed by atoms with Gasteiger partial charge in [-0.15, -0.1) is 11.8 Å². The molecular weight excluding hydrogens is 380 g/mol. The van der Waals surface area contributed by atoms with E-state index in [9.17, 15) is 4.79 Å². The van der Waals surface area contributed by atoms with Crippen LogP contribution in [0.25, 0.3) is 0 Å². The Morgan fingerprint density at radius 3 is 2.55 bits per heavy atom. The molecule has 1 aliphatic rings. The molecule has 5 heteroatoms. The zero-order chi connectivity index (χ0) is 20.9. The maximum atomic E-state index is 11.5. The van der Waals surface area contributed by atoms with E-state index < -0.39 is 0 Å². The Morgan fingerprint density at radius 1 is 1.17 bits per heavy atom. The third kappa shape index (κ3) is 4.82. The second-order valence-electron chi connectivity index (χ2n) is 7.48. The first-order chi connectivity index (χ1) is 14.0. The van der Waals surface area contributed by atoms with Gasteiger partial charge in [0.1, 0.15) is 0 Å². The molecule has 0 saturated carbocycles. The molecule has 0 amide bonds. The molecule has 0 saturated heterocycles. The van der Waals surface area contributed by atoms with Gasteiger partial charge in [-0.2, -0.15) is 0 Å². The van der Waals surface area contributed by atoms with Crippen LogP contribution in [-0.2, 0) is 10.2 Å². The van der Waals surface area contributed by atoms with Gasteiger partial charge in [-0.05, 0) is 67.0 Å². The quantitative estimate of drug-likeness (QED) is 0.487. The summed E-state index contributed by atoms with van der Waals surface area (Å²) < 4.78 is 5.09. The van der Waals surface area contributed by atoms with Gasteiger partial charge in [-0.3, -0.25) is 4.79 Å². The van der Waals surface area contributed by atoms with Crippen LogP contribution in [0.4, 0.5) is 0 Å². The van der Waals surface area contributed by atoms with E-state index in [4.69, 9.17) is 4.74 Å². The van der Waals surface area contributed by atoms with Crippen molar-refractivity contribution in [1.82, 2.24) is 9.97 Å². The van der Waals surface area contributed by atoms with Gasteiger partial charge in [0.2, 0.25) is 0 Å². The van der Waals surface area contributed by atoms with Gasteiger partial charge < -0.3 is 4.74 Å². The topological polar surface area (TPSA) is 52.1 Å². The lowest BCUT2D eigenvalue weighted by Crippen LogP contribution is -2.29. The van der Waals surface area contributed by atoms with Crippen LogP contribution in [0.5, 0.6) is 6.01 Å². The summed E-state index contributed by atoms with van der Waals surface area (Å²) in [5.74, 6) is 7.32. The molecule has 0 radical (unpaired) electrons. The van der Waals surface area contributed by atoms with Crippen LogP contribution >= 0.6 is 11.8 Å². The van der Waals surface area contributed by atoms with Gasteiger partial charge in [-0.25, -0.2) is 9.97 Å². The van der Waals surface area contributed by atoms with E-state index in [0.29, 0.717) is 12.0 Å². The molecule has 0 fully saturated rings. The van der Waals surface area contributed by atoms with Crippen molar-refractivity contribution >= 4 is 17.7 Å². The van der Waals surface area contributed by atoms with Gasteiger partial charge >= 0.3 is 12.0 Å². The van der Waals surface area contributed by atoms with E-state index >= 15 is 0 Å². The first-order valence-electron chi connectivity index (χ1n) is 10.3. The average molecular weight is 409 g/mol. The van der Waals surface area contributed by atoms with E-state index in [1.165, 1.54) is 28.2 Å². The fourth-order valence-electron chi connectivity index (χ4n) is 3.76. The van der Waals surface area contributed by atoms with E-state index in [0.717, 1.165) is 24.8 Å². The van der Waals surface area contributed by atoms with E-state index in [2.05, 4.69) is 54.7 Å². The lowest BCUT2D eigenvalue weighted by Gasteiger charge is -2.38. The number of nitrogens with zero attached hydrogens (tertiary/aromatic N) is 2. The first kappa shape index (κ1) is 21.4. The van der Waals surface area contributed by atoms with Crippen LogP contribution in [-0.4, -0.2) is 21.7 Å². The fraction of sp³-hybridized carbons (Fsp3) is 0.458. The number of carbonyl (C=O) groups excluding carboxylic acids is 1. The molecule has 152 valence electrons. The molecule has 0 N–H and O–H groups in total. The van der Waals surface area contributed by atoms with Crippen LogP contribution < -0.4 is 4.74 Å². The Morgan fingerprint density at radius 2 is 1.90 bits per heavy atom. The molecule has 0 unspecified atom stereocenters. The van der Waals surface area contributed by atoms with Crippen molar-refractivity contribution in [3.05, 3.63) is 46.8 Å². The third-order valence-corrected chi connectivity index (χ3v) is 6.78. The number of esters is 1. The summed E-state index contributed by atoms with van der Waals surface area (Å²) in [6.07, 6.45) is 7.81. The van der Waals surface area contributed by atoms with E-state index in [1.54, 1.807) is 12.4 Å². The van der Waals surface area contributed by atoms with Crippen LogP contribution in [0, 0.1) is 18.8 Å². The predicted octanol–water partition coefficient (Wildman–Crippen LogP) is 5.44. The zero-order valence-electron chi connectivity index (χ0n) is 17.7. The van der Waals surface area contributed by atoms with Crippen LogP contribution in [0.3, 0.4) is 0 Å². The molecule has 0 atom stereocenters. The van der Waals surface area contributed by atoms with Crippen molar-refractivity contribution in [2.75, 3.05) is 5.75 Å². The summed E-state index contributed by atoms with van der Waals surface area (Å²) in [7, 11) is 0. The smallest absolute Gasteiger partial charge is 0.324 e. The summed E-state index contributed by atoms with van der Waals surface area (Å²) in [6, 6.07) is 4.65. The minimum Gasteiger partial charge on any atom is -0.391 e. The molecule has 2 heterocycles. The van der Waals surface area contributed by atoms with E-state index in [1.807, 2.05) is 18.7 Å². The zero-order valence-corrected chi connectivity index (χ0v) is 18.5. The lowest BCUT2D eigenvalue weighted by atomic mass is 9.73. The number of thioether (sulfide) groups is 1. The van der Waals surface area contributed by atoms with Crippen LogP contribution in [0.1, 0.15) is 75.1 Å². The highest BCUT2D eigenvalue weighted by molar-refractivity contribution is 7.99. The molecule has 3 rings (SSSR count). The molecule has 1 aliphatic heterocycles. The monoisotopic (exact) mass is 408 g/mol. The number of ether oxygens (including phenoxy) is 1. The maximum Gasteiger partial charge on any atom is 0.324 e. The summed E-state index contributed by atoms with van der Waals surface area (Å²) in [4.78, 5) is 21.1. The van der Waals surface area contributed by atoms with Crippen molar-refractivity contribution < 1.29 is 9.53 Å². The average Bonchev–Trinajstić information content (AvgIpc) is 2.73. The van der Waals surface area contributed by atoms with Crippen molar-refractivity contribution in [3.63, 3.8) is 0 Å². The van der Waals surface area contributed by atoms with Gasteiger partial charge in [0.05, 0.1) is 5.56 Å². The summed E-state index contributed by atoms with van der Waals surface area (Å²) in [5.41, 5.74) is 4.65. The third-order valence-electron chi connectivity index (χ3n) is 5.72. The highest BCUT2D eigenvalue weighted by atomic mass is 32.2. The van der Waals surface area contributed by atoms with Crippen LogP contribution in [0.15, 0.2) is 29.4 Å². The van der Waals surface area contributed by atoms with E-state index in [-0.39, 0.29) is 17.4 Å². The van der Waals surface area contributed by atoms with Gasteiger partial charge in [0, 0.05) is 29.3 Å². The van der Waals surface area contributed by atoms with Crippen molar-refractivity contribution in [3.8, 4) is 17.9 Å². The Balaban J connectivity index is 1.85. The molecule has 4 nitrogen and oxygen atoms in total. The van der Waals surface area contributed by atoms with Crippen molar-refractivity contribution in [2.45, 2.75) is 70.1 Å². The Hall–Kier alpha value is -2.32. The highest BCUT2D eigenvalue weighted by Gasteiger charge is 2.34. The van der Waals surface area contributed by atoms with Gasteiger partial charge in [0.25, 0.3) is 0 Å². The number of hydrogen-bond donors (Lipinski definition) is 0. The van der Waals surface area contributed by atoms with Crippen molar-refractivity contribution in [1.29, 1.82) is 0 Å². The molecular formula is C24H28N2O2S. The minimum absolute atomic E-state index is 0.0756. The second kappa shape index (κ2) is 9.45. The normalized spacial score (nSPS) is 14.5. The number of carbonyl (C=O) groups is 1. The Kier molecular flexibility index (Phi) is 6.97. The number of rotatable bonds is 5. The summed E-state index contributed by atoms with van der Waals surface area (Å²) >= 11 is 1.96. The maximum absolute atomic E-state index is 11.5. The molecule has 0 spiro atoms. The number of hydrogen-bond acceptors (Lipinski definition) is 5. The molecule has 1 aromatic carbocycles. The van der Waals surface area contributed by atoms with Crippen molar-refractivity contribution in [2.24, 2.45) is 0 Å². The first-order valence-corrected chi connectivity index (χ1v) is 11.3. The number of benzene rings is 1. The lowest BCUT2D eigenvalue weighted by molar-refractivity contribution is -0.134. The highest BCUT2D eigenvalue weighted by Crippen LogP contribution is 2.46. The second-order valence-corrected chi connectivity index (χ2v) is 8.61. The Labute approximate surface area is 177 Å². The molecule has 1 aromatic heterocycles. The largest absolute Gasteiger partial charge is 0.391 e. The number of fused-ring (bicyclic) bond motifs is 1.